The van der Waals surface area contributed by atoms with Crippen LogP contribution in [0, 0.1) is 5.41 Å². The lowest BCUT2D eigenvalue weighted by Crippen LogP contribution is -2.36. The molecule has 1 aromatic rings. The number of carbonyl (C=O) groups is 2. The zero-order valence-electron chi connectivity index (χ0n) is 14.1. The Kier molecular flexibility index (Phi) is 3.82. The molecule has 2 heterocycles. The highest BCUT2D eigenvalue weighted by Gasteiger charge is 2.38. The Morgan fingerprint density at radius 2 is 1.96 bits per heavy atom. The summed E-state index contributed by atoms with van der Waals surface area (Å²) in [6.07, 6.45) is 6.12. The molecule has 6 heteroatoms. The summed E-state index contributed by atoms with van der Waals surface area (Å²) in [4.78, 5) is 32.9. The van der Waals surface area contributed by atoms with Crippen LogP contribution in [-0.4, -0.2) is 35.6 Å². The summed E-state index contributed by atoms with van der Waals surface area (Å²) in [7, 11) is 0. The summed E-state index contributed by atoms with van der Waals surface area (Å²) < 4.78 is 5.15. The molecule has 1 aromatic carbocycles. The highest BCUT2D eigenvalue weighted by atomic mass is 16.7. The van der Waals surface area contributed by atoms with Gasteiger partial charge < -0.3 is 9.57 Å². The number of aryl methyl sites for hydroxylation is 1. The fourth-order valence-electron chi connectivity index (χ4n) is 3.90. The van der Waals surface area contributed by atoms with E-state index in [9.17, 15) is 9.59 Å². The van der Waals surface area contributed by atoms with Crippen molar-refractivity contribution in [3.63, 3.8) is 0 Å². The fraction of sp³-hybridized carbons (Fsp3) is 0.421. The van der Waals surface area contributed by atoms with Crippen molar-refractivity contribution in [3.05, 3.63) is 47.5 Å². The maximum atomic E-state index is 11.6. The number of esters is 1. The van der Waals surface area contributed by atoms with E-state index in [1.54, 1.807) is 0 Å². The first-order valence-electron chi connectivity index (χ1n) is 8.55. The van der Waals surface area contributed by atoms with E-state index in [1.165, 1.54) is 16.2 Å². The molecule has 0 radical (unpaired) electrons. The number of amidine groups is 1. The van der Waals surface area contributed by atoms with Crippen molar-refractivity contribution >= 4 is 18.0 Å². The van der Waals surface area contributed by atoms with Crippen LogP contribution in [0.4, 0.5) is 0 Å². The fourth-order valence-corrected chi connectivity index (χ4v) is 3.90. The molecular weight excluding hydrogens is 320 g/mol. The summed E-state index contributed by atoms with van der Waals surface area (Å²) in [5.41, 5.74) is 2.95. The average Bonchev–Trinajstić information content (AvgIpc) is 2.91. The van der Waals surface area contributed by atoms with Crippen LogP contribution in [0.5, 0.6) is 0 Å². The third-order valence-electron chi connectivity index (χ3n) is 5.09. The van der Waals surface area contributed by atoms with Gasteiger partial charge in [0.25, 0.3) is 0 Å². The molecule has 1 aliphatic carbocycles. The first-order chi connectivity index (χ1) is 12.0. The molecule has 2 unspecified atom stereocenters. The minimum Gasteiger partial charge on any atom is -0.387 e. The number of benzene rings is 1. The summed E-state index contributed by atoms with van der Waals surface area (Å²) in [5, 5.41) is 1.29. The van der Waals surface area contributed by atoms with Crippen LogP contribution < -0.4 is 0 Å². The van der Waals surface area contributed by atoms with Crippen LogP contribution in [0.2, 0.25) is 0 Å². The van der Waals surface area contributed by atoms with E-state index in [0.717, 1.165) is 37.8 Å². The van der Waals surface area contributed by atoms with Crippen molar-refractivity contribution < 1.29 is 19.2 Å². The van der Waals surface area contributed by atoms with E-state index < -0.39 is 11.9 Å². The molecule has 4 rings (SSSR count). The Labute approximate surface area is 146 Å². The predicted molar refractivity (Wildman–Crippen MR) is 90.4 cm³/mol. The van der Waals surface area contributed by atoms with Gasteiger partial charge in [0.15, 0.2) is 0 Å². The maximum absolute atomic E-state index is 11.6. The molecule has 0 N–H and O–H groups in total. The number of carbonyl (C=O) groups excluding carboxylic acids is 2. The quantitative estimate of drug-likeness (QED) is 0.772. The van der Waals surface area contributed by atoms with Crippen LogP contribution in [0.3, 0.4) is 0 Å². The Bertz CT molecular complexity index is 785. The molecule has 3 aliphatic rings. The standard InChI is InChI=1S/C19H20N2O4/c1-19(9-8-13-4-2-3-5-14(13)10-19)11-15-12-21-18(20-15)24-16(22)6-7-17(23)25-21/h2-7,15H,8-12H2,1H3/b7-6+. The number of rotatable bonds is 2. The molecule has 0 aromatic heterocycles. The summed E-state index contributed by atoms with van der Waals surface area (Å²) in [6, 6.07) is 8.57. The highest BCUT2D eigenvalue weighted by molar-refractivity contribution is 5.99. The van der Waals surface area contributed by atoms with E-state index in [4.69, 9.17) is 9.57 Å². The molecule has 2 aliphatic heterocycles. The van der Waals surface area contributed by atoms with Crippen LogP contribution in [0.15, 0.2) is 41.4 Å². The van der Waals surface area contributed by atoms with Gasteiger partial charge in [-0.2, -0.15) is 5.06 Å². The molecule has 130 valence electrons. The third kappa shape index (κ3) is 3.29. The molecular formula is C19H20N2O4. The monoisotopic (exact) mass is 340 g/mol. The van der Waals surface area contributed by atoms with Crippen molar-refractivity contribution in [2.75, 3.05) is 6.54 Å². The van der Waals surface area contributed by atoms with Gasteiger partial charge >= 0.3 is 18.0 Å². The van der Waals surface area contributed by atoms with Crippen LogP contribution in [-0.2, 0) is 32.0 Å². The van der Waals surface area contributed by atoms with Gasteiger partial charge in [0.05, 0.1) is 12.6 Å². The molecule has 0 spiro atoms. The van der Waals surface area contributed by atoms with Gasteiger partial charge in [-0.25, -0.2) is 14.6 Å². The number of nitrogens with zero attached hydrogens (tertiary/aromatic N) is 2. The normalized spacial score (nSPS) is 29.6. The van der Waals surface area contributed by atoms with Crippen LogP contribution in [0.1, 0.15) is 30.9 Å². The van der Waals surface area contributed by atoms with Gasteiger partial charge in [-0.1, -0.05) is 31.2 Å². The van der Waals surface area contributed by atoms with Crippen molar-refractivity contribution in [1.82, 2.24) is 5.06 Å². The summed E-state index contributed by atoms with van der Waals surface area (Å²) >= 11 is 0. The number of ether oxygens (including phenoxy) is 1. The van der Waals surface area contributed by atoms with E-state index in [1.807, 2.05) is 0 Å². The number of hydrogen-bond donors (Lipinski definition) is 0. The maximum Gasteiger partial charge on any atom is 0.356 e. The van der Waals surface area contributed by atoms with Crippen molar-refractivity contribution in [3.8, 4) is 0 Å². The number of aliphatic imine (C=N–C) groups is 1. The largest absolute Gasteiger partial charge is 0.387 e. The first kappa shape index (κ1) is 15.9. The van der Waals surface area contributed by atoms with Gasteiger partial charge in [-0.05, 0) is 42.2 Å². The van der Waals surface area contributed by atoms with Crippen LogP contribution >= 0.6 is 0 Å². The summed E-state index contributed by atoms with van der Waals surface area (Å²) in [5.74, 6) is -1.21. The first-order valence-corrected chi connectivity index (χ1v) is 8.55. The molecule has 0 amide bonds. The number of hydroxylamine groups is 2. The Balaban J connectivity index is 1.48. The smallest absolute Gasteiger partial charge is 0.356 e. The Morgan fingerprint density at radius 3 is 2.80 bits per heavy atom. The third-order valence-corrected chi connectivity index (χ3v) is 5.09. The molecule has 0 bridgehead atoms. The van der Waals surface area contributed by atoms with Crippen molar-refractivity contribution in [2.45, 2.75) is 38.6 Å². The lowest BCUT2D eigenvalue weighted by Gasteiger charge is -2.36. The average molecular weight is 340 g/mol. The second kappa shape index (κ2) is 6.02. The van der Waals surface area contributed by atoms with Crippen molar-refractivity contribution in [2.24, 2.45) is 10.4 Å². The zero-order valence-corrected chi connectivity index (χ0v) is 14.1. The van der Waals surface area contributed by atoms with Crippen LogP contribution in [0.25, 0.3) is 0 Å². The van der Waals surface area contributed by atoms with E-state index in [0.29, 0.717) is 6.54 Å². The van der Waals surface area contributed by atoms with Crippen molar-refractivity contribution in [1.29, 1.82) is 0 Å². The molecule has 0 saturated carbocycles. The van der Waals surface area contributed by atoms with Gasteiger partial charge in [-0.15, -0.1) is 0 Å². The van der Waals surface area contributed by atoms with Gasteiger partial charge in [-0.3, -0.25) is 0 Å². The van der Waals surface area contributed by atoms with Gasteiger partial charge in [0.2, 0.25) is 0 Å². The zero-order chi connectivity index (χ0) is 17.4. The Hall–Kier alpha value is -2.63. The molecule has 6 nitrogen and oxygen atoms in total. The lowest BCUT2D eigenvalue weighted by atomic mass is 9.70. The second-order valence-corrected chi connectivity index (χ2v) is 7.25. The minimum absolute atomic E-state index is 0.0658. The van der Waals surface area contributed by atoms with E-state index >= 15 is 0 Å². The molecule has 0 saturated heterocycles. The minimum atomic E-state index is -0.612. The van der Waals surface area contributed by atoms with Gasteiger partial charge in [0.1, 0.15) is 0 Å². The summed E-state index contributed by atoms with van der Waals surface area (Å²) in [6.45, 7) is 2.69. The SMILES string of the molecule is CC1(CC2CN3OC(=O)/C=C/C(=O)OC3=N2)CCc2ccccc2C1. The van der Waals surface area contributed by atoms with E-state index in [-0.39, 0.29) is 17.5 Å². The molecule has 0 fully saturated rings. The predicted octanol–water partition coefficient (Wildman–Crippen LogP) is 2.18. The van der Waals surface area contributed by atoms with E-state index in [2.05, 4.69) is 36.2 Å². The number of fused-ring (bicyclic) bond motifs is 2. The topological polar surface area (TPSA) is 68.2 Å². The lowest BCUT2D eigenvalue weighted by molar-refractivity contribution is -0.171. The molecule has 25 heavy (non-hydrogen) atoms. The number of hydrogen-bond acceptors (Lipinski definition) is 6. The highest BCUT2D eigenvalue weighted by Crippen LogP contribution is 2.40. The molecule has 2 atom stereocenters. The van der Waals surface area contributed by atoms with Gasteiger partial charge in [0, 0.05) is 12.2 Å². The second-order valence-electron chi connectivity index (χ2n) is 7.25. The Morgan fingerprint density at radius 1 is 1.20 bits per heavy atom.